The van der Waals surface area contributed by atoms with E-state index in [0.717, 1.165) is 16.6 Å². The van der Waals surface area contributed by atoms with Gasteiger partial charge in [0.05, 0.1) is 4.90 Å². The van der Waals surface area contributed by atoms with Gasteiger partial charge < -0.3 is 14.0 Å². The van der Waals surface area contributed by atoms with Crippen LogP contribution in [-0.2, 0) is 26.1 Å². The minimum atomic E-state index is -3.73. The summed E-state index contributed by atoms with van der Waals surface area (Å²) >= 11 is 0. The molecule has 0 fully saturated rings. The number of nitrogens with two attached hydrogens (primary N) is 1. The highest BCUT2D eigenvalue weighted by Crippen LogP contribution is 2.19. The number of aryl methyl sites for hydroxylation is 1. The normalized spacial score (nSPS) is 11.5. The van der Waals surface area contributed by atoms with Gasteiger partial charge >= 0.3 is 5.97 Å². The molecule has 8 heteroatoms. The Morgan fingerprint density at radius 3 is 2.48 bits per heavy atom. The Kier molecular flexibility index (Phi) is 5.48. The lowest BCUT2D eigenvalue weighted by Crippen LogP contribution is -2.17. The molecule has 0 saturated carbocycles. The SMILES string of the molecule is Cc1cc2ccccc2n1CC(=O)OCCOc1ccc(S(N)(=O)=O)cc1. The highest BCUT2D eigenvalue weighted by molar-refractivity contribution is 7.89. The summed E-state index contributed by atoms with van der Waals surface area (Å²) in [7, 11) is -3.73. The van der Waals surface area contributed by atoms with E-state index in [1.54, 1.807) is 0 Å². The van der Waals surface area contributed by atoms with Crippen molar-refractivity contribution >= 4 is 26.9 Å². The van der Waals surface area contributed by atoms with Crippen LogP contribution in [0, 0.1) is 6.92 Å². The molecule has 0 unspecified atom stereocenters. The average Bonchev–Trinajstić information content (AvgIpc) is 2.94. The third kappa shape index (κ3) is 4.66. The summed E-state index contributed by atoms with van der Waals surface area (Å²) in [5.74, 6) is 0.110. The molecule has 0 amide bonds. The van der Waals surface area contributed by atoms with Gasteiger partial charge in [-0.05, 0) is 48.7 Å². The van der Waals surface area contributed by atoms with E-state index in [2.05, 4.69) is 0 Å². The van der Waals surface area contributed by atoms with Gasteiger partial charge in [0.1, 0.15) is 25.5 Å². The number of hydrogen-bond donors (Lipinski definition) is 1. The van der Waals surface area contributed by atoms with Gasteiger partial charge in [0.2, 0.25) is 10.0 Å². The van der Waals surface area contributed by atoms with Crippen LogP contribution in [-0.4, -0.2) is 32.2 Å². The number of primary sulfonamides is 1. The summed E-state index contributed by atoms with van der Waals surface area (Å²) in [5.41, 5.74) is 1.97. The molecule has 3 aromatic rings. The third-order valence-electron chi connectivity index (χ3n) is 4.07. The Labute approximate surface area is 157 Å². The van der Waals surface area contributed by atoms with Crippen molar-refractivity contribution in [3.63, 3.8) is 0 Å². The summed E-state index contributed by atoms with van der Waals surface area (Å²) in [6.07, 6.45) is 0. The van der Waals surface area contributed by atoms with Crippen molar-refractivity contribution in [1.29, 1.82) is 0 Å². The van der Waals surface area contributed by atoms with Gasteiger partial charge in [-0.25, -0.2) is 13.6 Å². The molecule has 3 rings (SSSR count). The van der Waals surface area contributed by atoms with Gasteiger partial charge in [0, 0.05) is 11.2 Å². The van der Waals surface area contributed by atoms with E-state index < -0.39 is 10.0 Å². The number of hydrogen-bond acceptors (Lipinski definition) is 5. The van der Waals surface area contributed by atoms with Crippen molar-refractivity contribution in [2.45, 2.75) is 18.4 Å². The van der Waals surface area contributed by atoms with Crippen LogP contribution in [0.2, 0.25) is 0 Å². The molecule has 1 heterocycles. The fourth-order valence-corrected chi connectivity index (χ4v) is 3.29. The predicted octanol–water partition coefficient (Wildman–Crippen LogP) is 2.22. The van der Waals surface area contributed by atoms with Crippen LogP contribution in [0.15, 0.2) is 59.5 Å². The summed E-state index contributed by atoms with van der Waals surface area (Å²) in [4.78, 5) is 12.1. The molecule has 7 nitrogen and oxygen atoms in total. The molecule has 0 radical (unpaired) electrons. The molecule has 0 bridgehead atoms. The first-order valence-corrected chi connectivity index (χ1v) is 9.85. The quantitative estimate of drug-likeness (QED) is 0.494. The number of nitrogens with zero attached hydrogens (tertiary/aromatic N) is 1. The number of ether oxygens (including phenoxy) is 2. The topological polar surface area (TPSA) is 101 Å². The summed E-state index contributed by atoms with van der Waals surface area (Å²) < 4.78 is 34.9. The van der Waals surface area contributed by atoms with Crippen LogP contribution in [0.4, 0.5) is 0 Å². The van der Waals surface area contributed by atoms with E-state index in [1.165, 1.54) is 24.3 Å². The van der Waals surface area contributed by atoms with Crippen LogP contribution in [0.1, 0.15) is 5.69 Å². The van der Waals surface area contributed by atoms with Gasteiger partial charge in [0.15, 0.2) is 0 Å². The predicted molar refractivity (Wildman–Crippen MR) is 101 cm³/mol. The largest absolute Gasteiger partial charge is 0.490 e. The van der Waals surface area contributed by atoms with Crippen LogP contribution >= 0.6 is 0 Å². The number of rotatable bonds is 7. The van der Waals surface area contributed by atoms with Crippen molar-refractivity contribution in [2.75, 3.05) is 13.2 Å². The van der Waals surface area contributed by atoms with E-state index in [-0.39, 0.29) is 30.6 Å². The fraction of sp³-hybridized carbons (Fsp3) is 0.211. The molecule has 0 aliphatic carbocycles. The minimum Gasteiger partial charge on any atom is -0.490 e. The van der Waals surface area contributed by atoms with Crippen molar-refractivity contribution in [3.8, 4) is 5.75 Å². The Balaban J connectivity index is 1.49. The summed E-state index contributed by atoms with van der Waals surface area (Å²) in [6, 6.07) is 15.6. The zero-order valence-corrected chi connectivity index (χ0v) is 15.6. The lowest BCUT2D eigenvalue weighted by Gasteiger charge is -2.10. The maximum atomic E-state index is 12.1. The van der Waals surface area contributed by atoms with Crippen molar-refractivity contribution in [1.82, 2.24) is 4.57 Å². The highest BCUT2D eigenvalue weighted by Gasteiger charge is 2.11. The smallest absolute Gasteiger partial charge is 0.326 e. The van der Waals surface area contributed by atoms with E-state index in [0.29, 0.717) is 5.75 Å². The molecule has 27 heavy (non-hydrogen) atoms. The molecule has 1 aromatic heterocycles. The summed E-state index contributed by atoms with van der Waals surface area (Å²) in [5, 5.41) is 6.11. The van der Waals surface area contributed by atoms with Gasteiger partial charge in [-0.2, -0.15) is 0 Å². The second-order valence-electron chi connectivity index (χ2n) is 6.02. The molecule has 2 N–H and O–H groups in total. The van der Waals surface area contributed by atoms with Gasteiger partial charge in [-0.1, -0.05) is 18.2 Å². The van der Waals surface area contributed by atoms with Crippen molar-refractivity contribution < 1.29 is 22.7 Å². The van der Waals surface area contributed by atoms with Crippen LogP contribution in [0.5, 0.6) is 5.75 Å². The van der Waals surface area contributed by atoms with Crippen LogP contribution < -0.4 is 9.88 Å². The number of benzene rings is 2. The van der Waals surface area contributed by atoms with E-state index in [1.807, 2.05) is 41.8 Å². The molecule has 0 atom stereocenters. The average molecular weight is 388 g/mol. The van der Waals surface area contributed by atoms with Crippen LogP contribution in [0.3, 0.4) is 0 Å². The molecule has 142 valence electrons. The number of sulfonamides is 1. The van der Waals surface area contributed by atoms with E-state index in [9.17, 15) is 13.2 Å². The number of carbonyl (C=O) groups excluding carboxylic acids is 1. The number of carbonyl (C=O) groups is 1. The van der Waals surface area contributed by atoms with Crippen molar-refractivity contribution in [3.05, 3.63) is 60.3 Å². The number of para-hydroxylation sites is 1. The zero-order chi connectivity index (χ0) is 19.4. The lowest BCUT2D eigenvalue weighted by molar-refractivity contribution is -0.145. The monoisotopic (exact) mass is 388 g/mol. The van der Waals surface area contributed by atoms with Gasteiger partial charge in [-0.3, -0.25) is 4.79 Å². The summed E-state index contributed by atoms with van der Waals surface area (Å²) in [6.45, 7) is 2.32. The Morgan fingerprint density at radius 1 is 1.07 bits per heavy atom. The lowest BCUT2D eigenvalue weighted by atomic mass is 10.2. The Morgan fingerprint density at radius 2 is 1.78 bits per heavy atom. The second kappa shape index (κ2) is 7.81. The molecular formula is C19H20N2O5S. The first-order chi connectivity index (χ1) is 12.8. The molecule has 0 aliphatic rings. The second-order valence-corrected chi connectivity index (χ2v) is 7.58. The minimum absolute atomic E-state index is 0.00981. The molecule has 0 spiro atoms. The maximum Gasteiger partial charge on any atom is 0.326 e. The zero-order valence-electron chi connectivity index (χ0n) is 14.8. The number of fused-ring (bicyclic) bond motifs is 1. The maximum absolute atomic E-state index is 12.1. The van der Waals surface area contributed by atoms with Crippen LogP contribution in [0.25, 0.3) is 10.9 Å². The first-order valence-electron chi connectivity index (χ1n) is 8.31. The van der Waals surface area contributed by atoms with Gasteiger partial charge in [-0.15, -0.1) is 0 Å². The fourth-order valence-electron chi connectivity index (χ4n) is 2.77. The number of aromatic nitrogens is 1. The first kappa shape index (κ1) is 18.9. The molecular weight excluding hydrogens is 368 g/mol. The highest BCUT2D eigenvalue weighted by atomic mass is 32.2. The van der Waals surface area contributed by atoms with E-state index >= 15 is 0 Å². The van der Waals surface area contributed by atoms with Gasteiger partial charge in [0.25, 0.3) is 0 Å². The number of esters is 1. The van der Waals surface area contributed by atoms with E-state index in [4.69, 9.17) is 14.6 Å². The van der Waals surface area contributed by atoms with Crippen molar-refractivity contribution in [2.24, 2.45) is 5.14 Å². The molecule has 0 saturated heterocycles. The molecule has 0 aliphatic heterocycles. The Hall–Kier alpha value is -2.84. The third-order valence-corrected chi connectivity index (χ3v) is 5.00. The standard InChI is InChI=1S/C19H20N2O5S/c1-14-12-15-4-2-3-5-18(15)21(14)13-19(22)26-11-10-25-16-6-8-17(9-7-16)27(20,23)24/h2-9,12H,10-11,13H2,1H3,(H2,20,23,24). The molecule has 2 aromatic carbocycles. The Bertz CT molecular complexity index is 1060.